The zero-order valence-electron chi connectivity index (χ0n) is 15.9. The van der Waals surface area contributed by atoms with E-state index in [1.165, 1.54) is 0 Å². The minimum Gasteiger partial charge on any atom is -0.493 e. The van der Waals surface area contributed by atoms with E-state index in [2.05, 4.69) is 20.2 Å². The Hall–Kier alpha value is -2.09. The number of anilines is 1. The van der Waals surface area contributed by atoms with Crippen LogP contribution in [0.2, 0.25) is 0 Å². The van der Waals surface area contributed by atoms with Crippen molar-refractivity contribution in [3.05, 3.63) is 36.0 Å². The van der Waals surface area contributed by atoms with Gasteiger partial charge in [-0.3, -0.25) is 0 Å². The van der Waals surface area contributed by atoms with Gasteiger partial charge in [-0.1, -0.05) is 0 Å². The lowest BCUT2D eigenvalue weighted by Crippen LogP contribution is -2.41. The Morgan fingerprint density at radius 3 is 2.61 bits per heavy atom. The van der Waals surface area contributed by atoms with Crippen molar-refractivity contribution in [1.82, 2.24) is 15.3 Å². The third-order valence-electron chi connectivity index (χ3n) is 4.63. The van der Waals surface area contributed by atoms with Crippen molar-refractivity contribution in [2.45, 2.75) is 25.8 Å². The van der Waals surface area contributed by atoms with E-state index in [1.54, 1.807) is 24.4 Å². The Morgan fingerprint density at radius 2 is 2.00 bits per heavy atom. The molecule has 1 fully saturated rings. The molecule has 9 heteroatoms. The number of ether oxygens (including phenoxy) is 1. The van der Waals surface area contributed by atoms with Crippen molar-refractivity contribution >= 4 is 36.7 Å². The largest absolute Gasteiger partial charge is 0.493 e. The molecule has 0 spiro atoms. The maximum absolute atomic E-state index is 11.5. The first-order chi connectivity index (χ1) is 12.6. The number of aromatic carboxylic acids is 1. The zero-order valence-corrected chi connectivity index (χ0v) is 17.6. The van der Waals surface area contributed by atoms with Crippen LogP contribution in [0.4, 0.5) is 5.95 Å². The van der Waals surface area contributed by atoms with Crippen molar-refractivity contribution < 1.29 is 14.6 Å². The number of halogens is 2. The van der Waals surface area contributed by atoms with Gasteiger partial charge in [0.1, 0.15) is 11.3 Å². The maximum Gasteiger partial charge on any atom is 0.339 e. The van der Waals surface area contributed by atoms with Crippen LogP contribution in [-0.2, 0) is 0 Å². The summed E-state index contributed by atoms with van der Waals surface area (Å²) in [6, 6.07) is 7.45. The Balaban J connectivity index is 0.00000196. The minimum atomic E-state index is -1.02. The molecule has 2 heterocycles. The highest BCUT2D eigenvalue weighted by Gasteiger charge is 2.20. The van der Waals surface area contributed by atoms with Crippen LogP contribution < -0.4 is 15.0 Å². The van der Waals surface area contributed by atoms with Gasteiger partial charge in [0.25, 0.3) is 0 Å². The molecule has 28 heavy (non-hydrogen) atoms. The van der Waals surface area contributed by atoms with Crippen molar-refractivity contribution in [3.63, 3.8) is 0 Å². The van der Waals surface area contributed by atoms with E-state index in [-0.39, 0.29) is 30.4 Å². The molecule has 1 saturated heterocycles. The van der Waals surface area contributed by atoms with Crippen LogP contribution in [0.3, 0.4) is 0 Å². The first-order valence-corrected chi connectivity index (χ1v) is 8.88. The molecule has 1 aromatic carbocycles. The fourth-order valence-electron chi connectivity index (χ4n) is 3.17. The quantitative estimate of drug-likeness (QED) is 0.729. The van der Waals surface area contributed by atoms with Crippen LogP contribution in [0.1, 0.15) is 30.1 Å². The smallest absolute Gasteiger partial charge is 0.339 e. The van der Waals surface area contributed by atoms with Gasteiger partial charge in [0, 0.05) is 30.9 Å². The summed E-state index contributed by atoms with van der Waals surface area (Å²) in [4.78, 5) is 22.7. The number of benzene rings is 1. The van der Waals surface area contributed by atoms with E-state index in [0.717, 1.165) is 31.5 Å². The molecule has 0 amide bonds. The lowest BCUT2D eigenvalue weighted by atomic mass is 10.1. The number of piperidine rings is 1. The zero-order chi connectivity index (χ0) is 18.5. The number of nitrogens with zero attached hydrogens (tertiary/aromatic N) is 3. The van der Waals surface area contributed by atoms with Crippen LogP contribution >= 0.6 is 24.8 Å². The molecule has 0 radical (unpaired) electrons. The SMILES string of the molecule is CCOc1ccc(-c2ccnc(N3CCC(NC)CC3)n2)cc1C(=O)O.Cl.Cl. The van der Waals surface area contributed by atoms with Crippen LogP contribution in [-0.4, -0.2) is 53.8 Å². The Morgan fingerprint density at radius 1 is 1.29 bits per heavy atom. The number of carboxylic acid groups (broad SMARTS) is 1. The molecular formula is C19H26Cl2N4O3. The second kappa shape index (κ2) is 11.0. The normalized spacial score (nSPS) is 14.0. The highest BCUT2D eigenvalue weighted by Crippen LogP contribution is 2.27. The summed E-state index contributed by atoms with van der Waals surface area (Å²) < 4.78 is 5.40. The molecule has 0 bridgehead atoms. The van der Waals surface area contributed by atoms with Gasteiger partial charge in [-0.2, -0.15) is 0 Å². The van der Waals surface area contributed by atoms with E-state index < -0.39 is 5.97 Å². The number of nitrogens with one attached hydrogen (secondary N) is 1. The third kappa shape index (κ3) is 5.47. The maximum atomic E-state index is 11.5. The van der Waals surface area contributed by atoms with Gasteiger partial charge >= 0.3 is 5.97 Å². The molecule has 1 aromatic heterocycles. The lowest BCUT2D eigenvalue weighted by molar-refractivity contribution is 0.0692. The number of aromatic nitrogens is 2. The van der Waals surface area contributed by atoms with Crippen LogP contribution in [0, 0.1) is 0 Å². The van der Waals surface area contributed by atoms with Crippen molar-refractivity contribution in [3.8, 4) is 17.0 Å². The van der Waals surface area contributed by atoms with Crippen molar-refractivity contribution in [1.29, 1.82) is 0 Å². The summed E-state index contributed by atoms with van der Waals surface area (Å²) in [5, 5.41) is 12.8. The fourth-order valence-corrected chi connectivity index (χ4v) is 3.17. The molecular weight excluding hydrogens is 403 g/mol. The first kappa shape index (κ1) is 23.9. The highest BCUT2D eigenvalue weighted by molar-refractivity contribution is 5.92. The Labute approximate surface area is 177 Å². The van der Waals surface area contributed by atoms with Gasteiger partial charge in [0.2, 0.25) is 5.95 Å². The third-order valence-corrected chi connectivity index (χ3v) is 4.63. The molecule has 154 valence electrons. The highest BCUT2D eigenvalue weighted by atomic mass is 35.5. The van der Waals surface area contributed by atoms with Crippen molar-refractivity contribution in [2.75, 3.05) is 31.6 Å². The summed E-state index contributed by atoms with van der Waals surface area (Å²) in [6.07, 6.45) is 3.82. The molecule has 1 aliphatic heterocycles. The predicted octanol–water partition coefficient (Wildman–Crippen LogP) is 3.27. The Kier molecular flexibility index (Phi) is 9.45. The molecule has 0 saturated carbocycles. The van der Waals surface area contributed by atoms with E-state index in [0.29, 0.717) is 30.0 Å². The van der Waals surface area contributed by atoms with Gasteiger partial charge in [0.05, 0.1) is 12.3 Å². The summed E-state index contributed by atoms with van der Waals surface area (Å²) in [5.41, 5.74) is 1.58. The van der Waals surface area contributed by atoms with Crippen LogP contribution in [0.25, 0.3) is 11.3 Å². The van der Waals surface area contributed by atoms with Gasteiger partial charge in [-0.25, -0.2) is 14.8 Å². The Bertz CT molecular complexity index is 784. The number of carboxylic acids is 1. The second-order valence-corrected chi connectivity index (χ2v) is 6.24. The average molecular weight is 429 g/mol. The molecule has 7 nitrogen and oxygen atoms in total. The standard InChI is InChI=1S/C19H24N4O3.2ClH/c1-3-26-17-5-4-13(12-15(17)18(24)25)16-6-9-21-19(22-16)23-10-7-14(20-2)8-11-23;;/h4-6,9,12,14,20H,3,7-8,10-11H2,1-2H3,(H,24,25);2*1H. The topological polar surface area (TPSA) is 87.6 Å². The lowest BCUT2D eigenvalue weighted by Gasteiger charge is -2.31. The molecule has 1 aliphatic rings. The predicted molar refractivity (Wildman–Crippen MR) is 114 cm³/mol. The van der Waals surface area contributed by atoms with Gasteiger partial charge in [0.15, 0.2) is 0 Å². The van der Waals surface area contributed by atoms with Gasteiger partial charge in [-0.05, 0) is 51.1 Å². The molecule has 2 N–H and O–H groups in total. The molecule has 0 atom stereocenters. The monoisotopic (exact) mass is 428 g/mol. The molecule has 3 rings (SSSR count). The van der Waals surface area contributed by atoms with Crippen LogP contribution in [0.5, 0.6) is 5.75 Å². The molecule has 0 aliphatic carbocycles. The van der Waals surface area contributed by atoms with Crippen LogP contribution in [0.15, 0.2) is 30.5 Å². The van der Waals surface area contributed by atoms with Gasteiger partial charge < -0.3 is 20.1 Å². The number of rotatable bonds is 6. The second-order valence-electron chi connectivity index (χ2n) is 6.24. The number of hydrogen-bond donors (Lipinski definition) is 2. The van der Waals surface area contributed by atoms with E-state index >= 15 is 0 Å². The van der Waals surface area contributed by atoms with E-state index in [4.69, 9.17) is 4.74 Å². The number of hydrogen-bond acceptors (Lipinski definition) is 6. The first-order valence-electron chi connectivity index (χ1n) is 8.88. The van der Waals surface area contributed by atoms with Gasteiger partial charge in [-0.15, -0.1) is 24.8 Å². The van der Waals surface area contributed by atoms with Crippen molar-refractivity contribution in [2.24, 2.45) is 0 Å². The average Bonchev–Trinajstić information content (AvgIpc) is 2.68. The molecule has 0 unspecified atom stereocenters. The summed E-state index contributed by atoms with van der Waals surface area (Å²) in [6.45, 7) is 4.05. The summed E-state index contributed by atoms with van der Waals surface area (Å²) >= 11 is 0. The van der Waals surface area contributed by atoms with E-state index in [1.807, 2.05) is 20.0 Å². The minimum absolute atomic E-state index is 0. The summed E-state index contributed by atoms with van der Waals surface area (Å²) in [7, 11) is 1.99. The fraction of sp³-hybridized carbons (Fsp3) is 0.421. The molecule has 2 aromatic rings. The number of carbonyl (C=O) groups is 1. The van der Waals surface area contributed by atoms with E-state index in [9.17, 15) is 9.90 Å². The summed E-state index contributed by atoms with van der Waals surface area (Å²) in [5.74, 6) is 0.0358.